The third kappa shape index (κ3) is 5.90. The van der Waals surface area contributed by atoms with Crippen molar-refractivity contribution in [1.82, 2.24) is 5.32 Å². The second-order valence-electron chi connectivity index (χ2n) is 5.00. The Kier molecular flexibility index (Phi) is 7.77. The van der Waals surface area contributed by atoms with Gasteiger partial charge in [0, 0.05) is 13.0 Å². The predicted octanol–water partition coefficient (Wildman–Crippen LogP) is 1.35. The van der Waals surface area contributed by atoms with Crippen LogP contribution in [-0.4, -0.2) is 44.1 Å². The number of ether oxygens (including phenoxy) is 1. The quantitative estimate of drug-likeness (QED) is 0.387. The van der Waals surface area contributed by atoms with Gasteiger partial charge in [-0.3, -0.25) is 9.13 Å². The largest absolute Gasteiger partial charge is 0.445 e. The van der Waals surface area contributed by atoms with Gasteiger partial charge in [0.15, 0.2) is 0 Å². The van der Waals surface area contributed by atoms with Crippen molar-refractivity contribution in [3.05, 3.63) is 35.9 Å². The van der Waals surface area contributed by atoms with Crippen molar-refractivity contribution in [1.29, 1.82) is 0 Å². The van der Waals surface area contributed by atoms with Crippen LogP contribution in [0, 0.1) is 0 Å². The Balaban J connectivity index is 2.61. The molecule has 1 rings (SSSR count). The van der Waals surface area contributed by atoms with Crippen LogP contribution in [0.1, 0.15) is 18.9 Å². The van der Waals surface area contributed by atoms with Crippen LogP contribution in [-0.2, 0) is 25.0 Å². The summed E-state index contributed by atoms with van der Waals surface area (Å²) in [6, 6.07) is 8.75. The highest BCUT2D eigenvalue weighted by molar-refractivity contribution is 7.72. The Morgan fingerprint density at radius 3 is 2.32 bits per heavy atom. The van der Waals surface area contributed by atoms with Crippen molar-refractivity contribution in [3.63, 3.8) is 0 Å². The predicted molar refractivity (Wildman–Crippen MR) is 87.7 cm³/mol. The molecule has 0 saturated carbocycles. The van der Waals surface area contributed by atoms with Crippen molar-refractivity contribution < 1.29 is 43.0 Å². The van der Waals surface area contributed by atoms with Gasteiger partial charge in [-0.2, -0.15) is 0 Å². The van der Waals surface area contributed by atoms with Gasteiger partial charge in [-0.1, -0.05) is 30.3 Å². The zero-order valence-electron chi connectivity index (χ0n) is 13.4. The lowest BCUT2D eigenvalue weighted by Gasteiger charge is -2.31. The van der Waals surface area contributed by atoms with E-state index in [9.17, 15) is 33.7 Å². The fourth-order valence-electron chi connectivity index (χ4n) is 1.84. The average molecular weight is 397 g/mol. The summed E-state index contributed by atoms with van der Waals surface area (Å²) in [5.41, 5.74) is 0.723. The van der Waals surface area contributed by atoms with Gasteiger partial charge < -0.3 is 34.4 Å². The average Bonchev–Trinajstić information content (AvgIpc) is 2.52. The second kappa shape index (κ2) is 8.91. The van der Waals surface area contributed by atoms with Crippen molar-refractivity contribution in [3.8, 4) is 0 Å². The van der Waals surface area contributed by atoms with E-state index in [1.54, 1.807) is 30.3 Å². The van der Waals surface area contributed by atoms with Crippen LogP contribution >= 0.6 is 15.2 Å². The first-order chi connectivity index (χ1) is 11.5. The summed E-state index contributed by atoms with van der Waals surface area (Å²) in [5, 5.41) is 8.85. The van der Waals surface area contributed by atoms with Gasteiger partial charge >= 0.3 is 21.3 Å². The van der Waals surface area contributed by atoms with Gasteiger partial charge in [-0.05, 0) is 12.5 Å². The lowest BCUT2D eigenvalue weighted by atomic mass is 10.2. The number of amides is 1. The molecule has 0 aromatic heterocycles. The summed E-state index contributed by atoms with van der Waals surface area (Å²) in [6.45, 7) is 0.421. The van der Waals surface area contributed by atoms with E-state index in [4.69, 9.17) is 4.74 Å². The number of aliphatic hydroxyl groups is 1. The molecule has 0 heterocycles. The third-order valence-corrected chi connectivity index (χ3v) is 7.60. The monoisotopic (exact) mass is 397 g/mol. The fraction of sp³-hybridized carbons (Fsp3) is 0.462. The highest BCUT2D eigenvalue weighted by atomic mass is 31.2. The zero-order valence-corrected chi connectivity index (χ0v) is 15.2. The molecule has 142 valence electrons. The van der Waals surface area contributed by atoms with Crippen molar-refractivity contribution in [2.24, 2.45) is 0 Å². The summed E-state index contributed by atoms with van der Waals surface area (Å²) >= 11 is 0. The lowest BCUT2D eigenvalue weighted by Crippen LogP contribution is -2.35. The Bertz CT molecular complexity index is 663. The zero-order chi connectivity index (χ0) is 19.1. The van der Waals surface area contributed by atoms with Crippen molar-refractivity contribution >= 4 is 21.3 Å². The molecule has 2 atom stereocenters. The van der Waals surface area contributed by atoms with E-state index in [1.165, 1.54) is 6.92 Å². The maximum Gasteiger partial charge on any atom is 0.407 e. The number of benzene rings is 1. The number of alkyl carbamates (subject to hydrolysis) is 1. The van der Waals surface area contributed by atoms with Crippen molar-refractivity contribution in [2.75, 3.05) is 13.2 Å². The molecule has 2 unspecified atom stereocenters. The van der Waals surface area contributed by atoms with E-state index in [0.29, 0.717) is 0 Å². The Morgan fingerprint density at radius 2 is 1.80 bits per heavy atom. The molecule has 1 aromatic rings. The number of hydrogen-bond donors (Lipinski definition) is 5. The van der Waals surface area contributed by atoms with Crippen LogP contribution in [0.5, 0.6) is 0 Å². The number of nitrogens with one attached hydrogen (secondary N) is 1. The first-order valence-corrected chi connectivity index (χ1v) is 10.4. The third-order valence-electron chi connectivity index (χ3n) is 3.17. The van der Waals surface area contributed by atoms with Gasteiger partial charge in [0.25, 0.3) is 5.08 Å². The van der Waals surface area contributed by atoms with E-state index < -0.39 is 39.3 Å². The minimum absolute atomic E-state index is 0.0348. The highest BCUT2D eigenvalue weighted by Gasteiger charge is 2.60. The number of rotatable bonds is 9. The summed E-state index contributed by atoms with van der Waals surface area (Å²) in [7, 11) is -10.5. The maximum atomic E-state index is 11.9. The summed E-state index contributed by atoms with van der Waals surface area (Å²) < 4.78 is 32.6. The molecule has 0 fully saturated rings. The number of hydrogen-bond acceptors (Lipinski definition) is 6. The molecule has 1 amide bonds. The van der Waals surface area contributed by atoms with Crippen LogP contribution in [0.2, 0.25) is 0 Å². The molecule has 25 heavy (non-hydrogen) atoms. The molecule has 0 radical (unpaired) electrons. The van der Waals surface area contributed by atoms with E-state index in [1.807, 2.05) is 0 Å². The van der Waals surface area contributed by atoms with Crippen LogP contribution in [0.4, 0.5) is 4.79 Å². The van der Waals surface area contributed by atoms with Crippen molar-refractivity contribution in [2.45, 2.75) is 25.0 Å². The molecule has 0 bridgehead atoms. The molecule has 10 nitrogen and oxygen atoms in total. The molecule has 0 spiro atoms. The number of carbonyl (C=O) groups is 1. The standard InChI is InChI=1S/C13H21NO9P2/c1-2-23-25(20,21)13(16,24(17,18)19)8-9-14-12(15)22-10-11-6-4-3-5-7-11/h3-7,16H,2,8-10H2,1H3,(H,14,15)(H,20,21)(H2,17,18,19). The molecule has 0 aliphatic carbocycles. The molecule has 0 aliphatic rings. The van der Waals surface area contributed by atoms with Crippen LogP contribution in [0.15, 0.2) is 30.3 Å². The van der Waals surface area contributed by atoms with E-state index >= 15 is 0 Å². The summed E-state index contributed by atoms with van der Waals surface area (Å²) in [4.78, 5) is 39.6. The molecule has 1 aromatic carbocycles. The maximum absolute atomic E-state index is 11.9. The topological polar surface area (TPSA) is 163 Å². The van der Waals surface area contributed by atoms with Crippen LogP contribution in [0.25, 0.3) is 0 Å². The van der Waals surface area contributed by atoms with Gasteiger partial charge in [-0.25, -0.2) is 4.79 Å². The number of carbonyl (C=O) groups excluding carboxylic acids is 1. The Hall–Kier alpha value is -1.25. The molecular formula is C13H21NO9P2. The minimum Gasteiger partial charge on any atom is -0.445 e. The van der Waals surface area contributed by atoms with Gasteiger partial charge in [0.2, 0.25) is 0 Å². The Morgan fingerprint density at radius 1 is 1.20 bits per heavy atom. The van der Waals surface area contributed by atoms with E-state index in [2.05, 4.69) is 9.84 Å². The normalized spacial score (nSPS) is 16.5. The molecular weight excluding hydrogens is 376 g/mol. The molecule has 12 heteroatoms. The molecule has 5 N–H and O–H groups in total. The molecule has 0 saturated heterocycles. The van der Waals surface area contributed by atoms with Gasteiger partial charge in [0.1, 0.15) is 6.61 Å². The van der Waals surface area contributed by atoms with E-state index in [-0.39, 0.29) is 13.2 Å². The van der Waals surface area contributed by atoms with Crippen LogP contribution < -0.4 is 5.32 Å². The highest BCUT2D eigenvalue weighted by Crippen LogP contribution is 2.71. The fourth-order valence-corrected chi connectivity index (χ4v) is 4.68. The summed E-state index contributed by atoms with van der Waals surface area (Å²) in [5.74, 6) is 0. The van der Waals surface area contributed by atoms with Crippen LogP contribution in [0.3, 0.4) is 0 Å². The SMILES string of the molecule is CCOP(=O)(O)C(O)(CCNC(=O)OCc1ccccc1)P(=O)(O)O. The first kappa shape index (κ1) is 21.8. The van der Waals surface area contributed by atoms with Gasteiger partial charge in [-0.15, -0.1) is 0 Å². The second-order valence-corrected chi connectivity index (χ2v) is 9.21. The minimum atomic E-state index is -5.44. The summed E-state index contributed by atoms with van der Waals surface area (Å²) in [6.07, 6.45) is -1.83. The lowest BCUT2D eigenvalue weighted by molar-refractivity contribution is 0.106. The molecule has 0 aliphatic heterocycles. The smallest absolute Gasteiger partial charge is 0.407 e. The van der Waals surface area contributed by atoms with E-state index in [0.717, 1.165) is 5.56 Å². The Labute approximate surface area is 144 Å². The first-order valence-electron chi connectivity index (χ1n) is 7.23. The van der Waals surface area contributed by atoms with Gasteiger partial charge in [0.05, 0.1) is 6.61 Å².